The van der Waals surface area contributed by atoms with Gasteiger partial charge >= 0.3 is 0 Å². The minimum Gasteiger partial charge on any atom is -0.310 e. The highest BCUT2D eigenvalue weighted by Crippen LogP contribution is 2.33. The van der Waals surface area contributed by atoms with E-state index in [1.165, 1.54) is 10.6 Å². The van der Waals surface area contributed by atoms with Crippen molar-refractivity contribution in [1.29, 1.82) is 0 Å². The number of rotatable bonds is 3. The molecule has 2 aromatic heterocycles. The number of aromatic nitrogens is 4. The second-order valence-corrected chi connectivity index (χ2v) is 9.45. The zero-order valence-electron chi connectivity index (χ0n) is 20.8. The molecule has 7 heteroatoms. The van der Waals surface area contributed by atoms with Gasteiger partial charge in [0.1, 0.15) is 11.6 Å². The van der Waals surface area contributed by atoms with Crippen molar-refractivity contribution in [3.63, 3.8) is 0 Å². The summed E-state index contributed by atoms with van der Waals surface area (Å²) in [5.41, 5.74) is 2.80. The molecule has 0 bridgehead atoms. The van der Waals surface area contributed by atoms with Gasteiger partial charge in [-0.2, -0.15) is 0 Å². The molecule has 0 amide bonds. The lowest BCUT2D eigenvalue weighted by Crippen LogP contribution is -2.15. The van der Waals surface area contributed by atoms with E-state index in [1.54, 1.807) is 41.0 Å². The molecule has 7 rings (SSSR count). The van der Waals surface area contributed by atoms with Crippen LogP contribution in [0.15, 0.2) is 103 Å². The number of imidazole rings is 2. The molecule has 1 aliphatic carbocycles. The maximum absolute atomic E-state index is 13.8. The van der Waals surface area contributed by atoms with Crippen LogP contribution in [-0.4, -0.2) is 36.6 Å². The van der Waals surface area contributed by atoms with Crippen molar-refractivity contribution in [2.75, 3.05) is 0 Å². The van der Waals surface area contributed by atoms with Crippen LogP contribution in [0.25, 0.3) is 39.5 Å². The van der Waals surface area contributed by atoms with Crippen molar-refractivity contribution in [3.05, 3.63) is 125 Å². The number of benzene rings is 4. The summed E-state index contributed by atoms with van der Waals surface area (Å²) in [4.78, 5) is 50.2. The molecule has 2 heterocycles. The number of aryl methyl sites for hydroxylation is 1. The van der Waals surface area contributed by atoms with E-state index < -0.39 is 0 Å². The number of carbonyl (C=O) groups excluding carboxylic acids is 3. The summed E-state index contributed by atoms with van der Waals surface area (Å²) in [6, 6.07) is 29.5. The maximum atomic E-state index is 13.8. The first kappa shape index (κ1) is 22.7. The fourth-order valence-corrected chi connectivity index (χ4v) is 5.14. The Balaban J connectivity index is 1.43. The van der Waals surface area contributed by atoms with Gasteiger partial charge in [0.05, 0.1) is 5.57 Å². The molecule has 4 aromatic carbocycles. The Kier molecular flexibility index (Phi) is 4.99. The molecule has 186 valence electrons. The Bertz CT molecular complexity index is 1960. The van der Waals surface area contributed by atoms with Gasteiger partial charge in [-0.05, 0) is 41.1 Å². The third-order valence-corrected chi connectivity index (χ3v) is 7.10. The number of hydrogen-bond donors (Lipinski definition) is 0. The molecule has 0 N–H and O–H groups in total. The standard InChI is InChI=1S/C32H20N4O3/c1-35-29(19-10-4-2-5-11-19)34-31-30(35)33-26(36(31)32(39)20-12-6-3-7-13-20)18-25-27(37)23-16-21-14-8-9-15-22(21)17-24(23)28(25)38/h2-18H,1H3. The van der Waals surface area contributed by atoms with E-state index >= 15 is 0 Å². The molecule has 0 radical (unpaired) electrons. The van der Waals surface area contributed by atoms with E-state index in [1.807, 2.05) is 67.7 Å². The Labute approximate surface area is 222 Å². The van der Waals surface area contributed by atoms with Crippen LogP contribution in [0.1, 0.15) is 36.9 Å². The SMILES string of the molecule is Cn1c(-c2ccccc2)nc2c1nc(C=C1C(=O)c3cc4ccccc4cc3C1=O)n2C(=O)c1ccccc1. The van der Waals surface area contributed by atoms with Crippen LogP contribution < -0.4 is 0 Å². The molecule has 0 spiro atoms. The van der Waals surface area contributed by atoms with E-state index in [0.29, 0.717) is 33.8 Å². The van der Waals surface area contributed by atoms with E-state index in [4.69, 9.17) is 9.97 Å². The molecule has 7 nitrogen and oxygen atoms in total. The molecule has 6 aromatic rings. The summed E-state index contributed by atoms with van der Waals surface area (Å²) in [7, 11) is 1.83. The first-order valence-electron chi connectivity index (χ1n) is 12.5. The largest absolute Gasteiger partial charge is 0.310 e. The lowest BCUT2D eigenvalue weighted by molar-refractivity contribution is 0.0956. The van der Waals surface area contributed by atoms with Gasteiger partial charge in [-0.1, -0.05) is 72.8 Å². The first-order valence-corrected chi connectivity index (χ1v) is 12.5. The highest BCUT2D eigenvalue weighted by Gasteiger charge is 2.34. The zero-order valence-corrected chi connectivity index (χ0v) is 20.8. The molecular weight excluding hydrogens is 488 g/mol. The van der Waals surface area contributed by atoms with Crippen LogP contribution in [0, 0.1) is 0 Å². The smallest absolute Gasteiger partial charge is 0.265 e. The quantitative estimate of drug-likeness (QED) is 0.225. The molecule has 0 fully saturated rings. The average Bonchev–Trinajstić information content (AvgIpc) is 3.57. The topological polar surface area (TPSA) is 86.8 Å². The third kappa shape index (κ3) is 3.48. The predicted molar refractivity (Wildman–Crippen MR) is 149 cm³/mol. The highest BCUT2D eigenvalue weighted by atomic mass is 16.2. The highest BCUT2D eigenvalue weighted by molar-refractivity contribution is 6.42. The predicted octanol–water partition coefficient (Wildman–Crippen LogP) is 5.74. The maximum Gasteiger partial charge on any atom is 0.265 e. The van der Waals surface area contributed by atoms with Crippen molar-refractivity contribution >= 4 is 45.6 Å². The second kappa shape index (κ2) is 8.56. The van der Waals surface area contributed by atoms with Gasteiger partial charge in [0.2, 0.25) is 0 Å². The fourth-order valence-electron chi connectivity index (χ4n) is 5.14. The second-order valence-electron chi connectivity index (χ2n) is 9.45. The summed E-state index contributed by atoms with van der Waals surface area (Å²) in [6.45, 7) is 0. The van der Waals surface area contributed by atoms with Crippen LogP contribution in [-0.2, 0) is 7.05 Å². The Hall–Kier alpha value is -5.43. The van der Waals surface area contributed by atoms with E-state index in [-0.39, 0.29) is 28.9 Å². The summed E-state index contributed by atoms with van der Waals surface area (Å²) in [5.74, 6) is -0.308. The van der Waals surface area contributed by atoms with Gasteiger partial charge in [0.15, 0.2) is 22.9 Å². The molecule has 39 heavy (non-hydrogen) atoms. The normalized spacial score (nSPS) is 12.9. The summed E-state index contributed by atoms with van der Waals surface area (Å²) < 4.78 is 3.19. The van der Waals surface area contributed by atoms with Crippen LogP contribution in [0.3, 0.4) is 0 Å². The van der Waals surface area contributed by atoms with Gasteiger partial charge < -0.3 is 4.57 Å². The average molecular weight is 509 g/mol. The van der Waals surface area contributed by atoms with Crippen LogP contribution >= 0.6 is 0 Å². The van der Waals surface area contributed by atoms with Crippen molar-refractivity contribution in [3.8, 4) is 11.4 Å². The Morgan fingerprint density at radius 1 is 0.718 bits per heavy atom. The lowest BCUT2D eigenvalue weighted by Gasteiger charge is -2.06. The minimum atomic E-state index is -0.385. The van der Waals surface area contributed by atoms with Gasteiger partial charge in [-0.15, -0.1) is 0 Å². The molecular formula is C32H20N4O3. The van der Waals surface area contributed by atoms with Crippen molar-refractivity contribution in [2.24, 2.45) is 7.05 Å². The van der Waals surface area contributed by atoms with Gasteiger partial charge in [0.25, 0.3) is 5.91 Å². The number of nitrogens with zero attached hydrogens (tertiary/aromatic N) is 4. The lowest BCUT2D eigenvalue weighted by atomic mass is 10.0. The molecule has 0 saturated carbocycles. The number of fused-ring (bicyclic) bond motifs is 3. The minimum absolute atomic E-state index is 0.0268. The van der Waals surface area contributed by atoms with Crippen molar-refractivity contribution < 1.29 is 14.4 Å². The zero-order chi connectivity index (χ0) is 26.7. The van der Waals surface area contributed by atoms with Crippen LogP contribution in [0.4, 0.5) is 0 Å². The van der Waals surface area contributed by atoms with Gasteiger partial charge in [-0.3, -0.25) is 14.4 Å². The molecule has 0 saturated heterocycles. The first-order chi connectivity index (χ1) is 19.0. The number of Topliss-reactive ketones (excluding diaryl/α,β-unsaturated/α-hetero) is 2. The van der Waals surface area contributed by atoms with E-state index in [2.05, 4.69) is 0 Å². The number of allylic oxidation sites excluding steroid dienone is 1. The molecule has 1 aliphatic rings. The van der Waals surface area contributed by atoms with E-state index in [9.17, 15) is 14.4 Å². The summed E-state index contributed by atoms with van der Waals surface area (Å²) in [6.07, 6.45) is 1.42. The summed E-state index contributed by atoms with van der Waals surface area (Å²) >= 11 is 0. The van der Waals surface area contributed by atoms with Gasteiger partial charge in [-0.25, -0.2) is 14.5 Å². The fraction of sp³-hybridized carbons (Fsp3) is 0.0312. The number of hydrogen-bond acceptors (Lipinski definition) is 5. The van der Waals surface area contributed by atoms with Gasteiger partial charge in [0, 0.05) is 29.3 Å². The van der Waals surface area contributed by atoms with Crippen LogP contribution in [0.5, 0.6) is 0 Å². The van der Waals surface area contributed by atoms with E-state index in [0.717, 1.165) is 16.3 Å². The molecule has 0 unspecified atom stereocenters. The third-order valence-electron chi connectivity index (χ3n) is 7.10. The number of carbonyl (C=O) groups is 3. The monoisotopic (exact) mass is 508 g/mol. The van der Waals surface area contributed by atoms with Crippen molar-refractivity contribution in [2.45, 2.75) is 0 Å². The summed E-state index contributed by atoms with van der Waals surface area (Å²) in [5, 5.41) is 1.76. The van der Waals surface area contributed by atoms with Crippen molar-refractivity contribution in [1.82, 2.24) is 19.1 Å². The molecule has 0 aliphatic heterocycles. The molecule has 0 atom stereocenters. The van der Waals surface area contributed by atoms with Crippen LogP contribution in [0.2, 0.25) is 0 Å². The number of ketones is 2. The Morgan fingerprint density at radius 3 is 1.90 bits per heavy atom. The Morgan fingerprint density at radius 2 is 1.28 bits per heavy atom.